The van der Waals surface area contributed by atoms with Crippen LogP contribution in [0, 0.1) is 0 Å². The van der Waals surface area contributed by atoms with Crippen LogP contribution in [-0.2, 0) is 10.2 Å². The number of hydrogen-bond acceptors (Lipinski definition) is 4. The van der Waals surface area contributed by atoms with Gasteiger partial charge in [-0.3, -0.25) is 0 Å². The van der Waals surface area contributed by atoms with Crippen LogP contribution in [0.4, 0.5) is 5.82 Å². The summed E-state index contributed by atoms with van der Waals surface area (Å²) in [6.07, 6.45) is 5.03. The van der Waals surface area contributed by atoms with E-state index in [1.165, 1.54) is 19.3 Å². The van der Waals surface area contributed by atoms with Gasteiger partial charge >= 0.3 is 0 Å². The summed E-state index contributed by atoms with van der Waals surface area (Å²) in [5, 5.41) is 3.82. The van der Waals surface area contributed by atoms with E-state index in [-0.39, 0.29) is 5.41 Å². The summed E-state index contributed by atoms with van der Waals surface area (Å²) < 4.78 is 5.72. The summed E-state index contributed by atoms with van der Waals surface area (Å²) in [5.41, 5.74) is -0.103. The standard InChI is InChI=1S/C15H24ClN3O/c1-15(2,3)14-18-12(16)10-13(19-14)17-8-7-11-6-4-5-9-20-11/h10-11H,4-9H2,1-3H3,(H,17,18,19). The highest BCUT2D eigenvalue weighted by molar-refractivity contribution is 6.29. The van der Waals surface area contributed by atoms with E-state index in [9.17, 15) is 0 Å². The number of aromatic nitrogens is 2. The van der Waals surface area contributed by atoms with Crippen molar-refractivity contribution in [1.82, 2.24) is 9.97 Å². The van der Waals surface area contributed by atoms with Gasteiger partial charge in [-0.25, -0.2) is 9.97 Å². The lowest BCUT2D eigenvalue weighted by molar-refractivity contribution is 0.0134. The lowest BCUT2D eigenvalue weighted by Crippen LogP contribution is -2.22. The Morgan fingerprint density at radius 3 is 2.80 bits per heavy atom. The van der Waals surface area contributed by atoms with Crippen molar-refractivity contribution in [3.8, 4) is 0 Å². The second-order valence-electron chi connectivity index (χ2n) is 6.35. The molecular formula is C15H24ClN3O. The molecule has 0 amide bonds. The molecule has 0 spiro atoms. The summed E-state index contributed by atoms with van der Waals surface area (Å²) in [7, 11) is 0. The van der Waals surface area contributed by atoms with Gasteiger partial charge in [-0.1, -0.05) is 32.4 Å². The Labute approximate surface area is 126 Å². The summed E-state index contributed by atoms with van der Waals surface area (Å²) in [4.78, 5) is 8.83. The average Bonchev–Trinajstić information content (AvgIpc) is 2.38. The van der Waals surface area contributed by atoms with Gasteiger partial charge in [0.25, 0.3) is 0 Å². The largest absolute Gasteiger partial charge is 0.378 e. The zero-order valence-electron chi connectivity index (χ0n) is 12.6. The summed E-state index contributed by atoms with van der Waals surface area (Å²) in [6, 6.07) is 1.78. The minimum atomic E-state index is -0.103. The molecule has 0 aliphatic carbocycles. The van der Waals surface area contributed by atoms with E-state index in [1.54, 1.807) is 6.07 Å². The molecule has 1 saturated heterocycles. The summed E-state index contributed by atoms with van der Waals surface area (Å²) in [6.45, 7) is 7.99. The highest BCUT2D eigenvalue weighted by atomic mass is 35.5. The number of rotatable bonds is 4. The topological polar surface area (TPSA) is 47.0 Å². The van der Waals surface area contributed by atoms with Crippen molar-refractivity contribution >= 4 is 17.4 Å². The van der Waals surface area contributed by atoms with E-state index in [0.717, 1.165) is 31.2 Å². The van der Waals surface area contributed by atoms with Crippen LogP contribution in [0.5, 0.6) is 0 Å². The first-order valence-electron chi connectivity index (χ1n) is 7.36. The van der Waals surface area contributed by atoms with Crippen molar-refractivity contribution < 1.29 is 4.74 Å². The van der Waals surface area contributed by atoms with Gasteiger partial charge in [0.05, 0.1) is 6.10 Å². The van der Waals surface area contributed by atoms with Crippen LogP contribution in [0.25, 0.3) is 0 Å². The maximum absolute atomic E-state index is 6.07. The Kier molecular flexibility index (Phi) is 5.22. The molecule has 1 fully saturated rings. The molecule has 1 aliphatic heterocycles. The van der Waals surface area contributed by atoms with Crippen LogP contribution in [0.1, 0.15) is 52.3 Å². The van der Waals surface area contributed by atoms with Crippen molar-refractivity contribution in [2.75, 3.05) is 18.5 Å². The molecule has 1 unspecified atom stereocenters. The van der Waals surface area contributed by atoms with Crippen molar-refractivity contribution in [2.24, 2.45) is 0 Å². The third-order valence-corrected chi connectivity index (χ3v) is 3.61. The molecule has 1 N–H and O–H groups in total. The van der Waals surface area contributed by atoms with Crippen LogP contribution in [0.3, 0.4) is 0 Å². The van der Waals surface area contributed by atoms with Crippen LogP contribution < -0.4 is 5.32 Å². The van der Waals surface area contributed by atoms with Crippen LogP contribution in [0.2, 0.25) is 5.15 Å². The van der Waals surface area contributed by atoms with Gasteiger partial charge in [-0.05, 0) is 25.7 Å². The molecule has 2 heterocycles. The number of anilines is 1. The third-order valence-electron chi connectivity index (χ3n) is 3.41. The van der Waals surface area contributed by atoms with Crippen molar-refractivity contribution in [2.45, 2.75) is 58.0 Å². The fourth-order valence-electron chi connectivity index (χ4n) is 2.24. The molecule has 5 heteroatoms. The quantitative estimate of drug-likeness (QED) is 0.859. The molecule has 1 aromatic heterocycles. The number of ether oxygens (including phenoxy) is 1. The van der Waals surface area contributed by atoms with E-state index in [4.69, 9.17) is 16.3 Å². The lowest BCUT2D eigenvalue weighted by Gasteiger charge is -2.23. The van der Waals surface area contributed by atoms with E-state index in [1.807, 2.05) is 0 Å². The zero-order chi connectivity index (χ0) is 14.6. The van der Waals surface area contributed by atoms with Crippen LogP contribution >= 0.6 is 11.6 Å². The first-order chi connectivity index (χ1) is 9.45. The molecule has 112 valence electrons. The Hall–Kier alpha value is -0.870. The Morgan fingerprint density at radius 2 is 2.15 bits per heavy atom. The molecular weight excluding hydrogens is 274 g/mol. The van der Waals surface area contributed by atoms with Gasteiger partial charge in [0.1, 0.15) is 16.8 Å². The summed E-state index contributed by atoms with van der Waals surface area (Å²) >= 11 is 6.07. The maximum atomic E-state index is 6.07. The Balaban J connectivity index is 1.90. The monoisotopic (exact) mass is 297 g/mol. The van der Waals surface area contributed by atoms with Crippen molar-refractivity contribution in [3.05, 3.63) is 17.0 Å². The molecule has 0 bridgehead atoms. The minimum absolute atomic E-state index is 0.103. The van der Waals surface area contributed by atoms with Crippen LogP contribution in [0.15, 0.2) is 6.07 Å². The van der Waals surface area contributed by atoms with Gasteiger partial charge in [-0.2, -0.15) is 0 Å². The second-order valence-corrected chi connectivity index (χ2v) is 6.74. The first-order valence-corrected chi connectivity index (χ1v) is 7.73. The molecule has 1 aliphatic rings. The lowest BCUT2D eigenvalue weighted by atomic mass is 9.96. The molecule has 1 atom stereocenters. The predicted octanol–water partition coefficient (Wildman–Crippen LogP) is 3.80. The van der Waals surface area contributed by atoms with Gasteiger partial charge < -0.3 is 10.1 Å². The van der Waals surface area contributed by atoms with Crippen LogP contribution in [-0.4, -0.2) is 29.2 Å². The molecule has 20 heavy (non-hydrogen) atoms. The van der Waals surface area contributed by atoms with E-state index < -0.39 is 0 Å². The molecule has 0 saturated carbocycles. The number of nitrogens with one attached hydrogen (secondary N) is 1. The number of nitrogens with zero attached hydrogens (tertiary/aromatic N) is 2. The maximum Gasteiger partial charge on any atom is 0.137 e. The molecule has 0 aromatic carbocycles. The molecule has 2 rings (SSSR count). The normalized spacial score (nSPS) is 19.9. The molecule has 0 radical (unpaired) electrons. The fourth-order valence-corrected chi connectivity index (χ4v) is 2.42. The van der Waals surface area contributed by atoms with Crippen molar-refractivity contribution in [3.63, 3.8) is 0 Å². The van der Waals surface area contributed by atoms with Gasteiger partial charge in [0.15, 0.2) is 0 Å². The van der Waals surface area contributed by atoms with Gasteiger partial charge in [-0.15, -0.1) is 0 Å². The third kappa shape index (κ3) is 4.60. The minimum Gasteiger partial charge on any atom is -0.378 e. The molecule has 4 nitrogen and oxygen atoms in total. The fraction of sp³-hybridized carbons (Fsp3) is 0.733. The smallest absolute Gasteiger partial charge is 0.137 e. The zero-order valence-corrected chi connectivity index (χ0v) is 13.3. The highest BCUT2D eigenvalue weighted by Gasteiger charge is 2.19. The highest BCUT2D eigenvalue weighted by Crippen LogP contribution is 2.22. The van der Waals surface area contributed by atoms with E-state index >= 15 is 0 Å². The summed E-state index contributed by atoms with van der Waals surface area (Å²) in [5.74, 6) is 1.56. The first kappa shape index (κ1) is 15.5. The van der Waals surface area contributed by atoms with Gasteiger partial charge in [0, 0.05) is 24.6 Å². The predicted molar refractivity (Wildman–Crippen MR) is 82.4 cm³/mol. The second kappa shape index (κ2) is 6.72. The number of halogens is 1. The Bertz CT molecular complexity index is 439. The Morgan fingerprint density at radius 1 is 1.35 bits per heavy atom. The SMILES string of the molecule is CC(C)(C)c1nc(Cl)cc(NCCC2CCCCO2)n1. The number of hydrogen-bond donors (Lipinski definition) is 1. The van der Waals surface area contributed by atoms with Crippen molar-refractivity contribution in [1.29, 1.82) is 0 Å². The average molecular weight is 298 g/mol. The van der Waals surface area contributed by atoms with E-state index in [2.05, 4.69) is 36.1 Å². The van der Waals surface area contributed by atoms with Gasteiger partial charge in [0.2, 0.25) is 0 Å². The molecule has 1 aromatic rings. The van der Waals surface area contributed by atoms with E-state index in [0.29, 0.717) is 11.3 Å².